The molecule has 3 aromatic carbocycles. The first kappa shape index (κ1) is 28.3. The largest absolute Gasteiger partial charge is 0.396 e. The van der Waals surface area contributed by atoms with E-state index in [2.05, 4.69) is 26.6 Å². The van der Waals surface area contributed by atoms with Gasteiger partial charge in [0, 0.05) is 29.7 Å². The number of halogens is 3. The molecular weight excluding hydrogens is 578 g/mol. The smallest absolute Gasteiger partial charge is 0.257 e. The number of thiocarbonyl (C=S) groups is 1. The van der Waals surface area contributed by atoms with Crippen molar-refractivity contribution in [2.24, 2.45) is 5.92 Å². The molecule has 0 aromatic heterocycles. The third-order valence-electron chi connectivity index (χ3n) is 6.52. The predicted octanol–water partition coefficient (Wildman–Crippen LogP) is 4.84. The zero-order valence-electron chi connectivity index (χ0n) is 20.3. The van der Waals surface area contributed by atoms with Gasteiger partial charge in [0.05, 0.1) is 35.9 Å². The van der Waals surface area contributed by atoms with Crippen molar-refractivity contribution in [1.82, 2.24) is 10.6 Å². The van der Waals surface area contributed by atoms with E-state index in [0.717, 1.165) is 11.6 Å². The number of carbonyl (C=O) groups excluding carboxylic acids is 1. The Morgan fingerprint density at radius 2 is 1.79 bits per heavy atom. The van der Waals surface area contributed by atoms with Crippen LogP contribution in [0.5, 0.6) is 0 Å². The second-order valence-corrected chi connectivity index (χ2v) is 10.3. The summed E-state index contributed by atoms with van der Waals surface area (Å²) in [5, 5.41) is 16.0. The van der Waals surface area contributed by atoms with Crippen LogP contribution in [-0.4, -0.2) is 42.1 Å². The second-order valence-electron chi connectivity index (χ2n) is 9.04. The molecule has 1 amide bonds. The number of hydrogen-bond acceptors (Lipinski definition) is 5. The molecule has 1 heterocycles. The number of rotatable bonds is 8. The fourth-order valence-corrected chi connectivity index (χ4v) is 5.17. The lowest BCUT2D eigenvalue weighted by Gasteiger charge is -2.47. The van der Waals surface area contributed by atoms with Gasteiger partial charge in [-0.1, -0.05) is 48.5 Å². The Kier molecular flexibility index (Phi) is 9.56. The van der Waals surface area contributed by atoms with E-state index in [1.54, 1.807) is 30.3 Å². The van der Waals surface area contributed by atoms with Gasteiger partial charge in [0.2, 0.25) is 0 Å². The number of aliphatic hydroxyl groups is 1. The molecule has 6 nitrogen and oxygen atoms in total. The zero-order chi connectivity index (χ0) is 27.1. The van der Waals surface area contributed by atoms with Crippen molar-refractivity contribution in [1.29, 1.82) is 0 Å². The van der Waals surface area contributed by atoms with E-state index in [1.165, 1.54) is 6.07 Å². The van der Waals surface area contributed by atoms with E-state index in [9.17, 15) is 14.3 Å². The van der Waals surface area contributed by atoms with E-state index in [4.69, 9.17) is 21.7 Å². The van der Waals surface area contributed by atoms with Crippen molar-refractivity contribution in [2.45, 2.75) is 24.7 Å². The minimum atomic E-state index is -1.40. The lowest BCUT2D eigenvalue weighted by molar-refractivity contribution is -0.111. The molecule has 0 radical (unpaired) electrons. The van der Waals surface area contributed by atoms with Gasteiger partial charge in [0.25, 0.3) is 5.91 Å². The average molecular weight is 606 g/mol. The van der Waals surface area contributed by atoms with Crippen LogP contribution in [0.1, 0.15) is 27.9 Å². The molecule has 0 spiro atoms. The summed E-state index contributed by atoms with van der Waals surface area (Å²) in [6.07, 6.45) is -0.0904. The van der Waals surface area contributed by atoms with Crippen molar-refractivity contribution in [3.05, 3.63) is 106 Å². The molecule has 0 unspecified atom stereocenters. The molecule has 1 saturated heterocycles. The molecule has 1 aliphatic rings. The van der Waals surface area contributed by atoms with Gasteiger partial charge in [-0.3, -0.25) is 10.1 Å². The summed E-state index contributed by atoms with van der Waals surface area (Å²) >= 11 is 8.55. The monoisotopic (exact) mass is 604 g/mol. The van der Waals surface area contributed by atoms with Crippen molar-refractivity contribution in [2.75, 3.05) is 19.8 Å². The Morgan fingerprint density at radius 1 is 1.11 bits per heavy atom. The molecule has 10 heteroatoms. The van der Waals surface area contributed by atoms with Crippen LogP contribution in [-0.2, 0) is 21.6 Å². The fraction of sp³-hybridized carbons (Fsp3) is 0.286. The maximum atomic E-state index is 15.2. The highest BCUT2D eigenvalue weighted by Gasteiger charge is 2.48. The molecule has 200 valence electrons. The molecule has 0 aliphatic carbocycles. The summed E-state index contributed by atoms with van der Waals surface area (Å²) in [7, 11) is 0. The molecule has 1 fully saturated rings. The van der Waals surface area contributed by atoms with E-state index >= 15 is 4.39 Å². The van der Waals surface area contributed by atoms with Gasteiger partial charge in [-0.25, -0.2) is 8.78 Å². The number of carbonyl (C=O) groups is 1. The van der Waals surface area contributed by atoms with Gasteiger partial charge in [0.15, 0.2) is 5.11 Å². The third kappa shape index (κ3) is 6.62. The first-order valence-corrected chi connectivity index (χ1v) is 13.2. The summed E-state index contributed by atoms with van der Waals surface area (Å²) in [5.74, 6) is -2.68. The van der Waals surface area contributed by atoms with Gasteiger partial charge in [-0.15, -0.1) is 0 Å². The SMILES string of the molecule is O=C(NC(=S)N[C@@]1(c2cc(Br)c(F)cc2F)CO[C@@H](COCc2ccccc2)C[C@H]1CO)c1ccccc1. The van der Waals surface area contributed by atoms with Crippen LogP contribution in [0, 0.1) is 17.6 Å². The minimum Gasteiger partial charge on any atom is -0.396 e. The molecule has 0 saturated carbocycles. The highest BCUT2D eigenvalue weighted by atomic mass is 79.9. The number of amides is 1. The maximum absolute atomic E-state index is 15.2. The summed E-state index contributed by atoms with van der Waals surface area (Å²) in [6.45, 7) is 0.179. The van der Waals surface area contributed by atoms with Crippen LogP contribution < -0.4 is 10.6 Å². The zero-order valence-corrected chi connectivity index (χ0v) is 22.7. The fourth-order valence-electron chi connectivity index (χ4n) is 4.55. The molecular formula is C28H27BrF2N2O4S. The normalized spacial score (nSPS) is 21.1. The number of ether oxygens (including phenoxy) is 2. The van der Waals surface area contributed by atoms with Gasteiger partial charge >= 0.3 is 0 Å². The lowest BCUT2D eigenvalue weighted by atomic mass is 9.74. The van der Waals surface area contributed by atoms with Crippen LogP contribution in [0.25, 0.3) is 0 Å². The first-order chi connectivity index (χ1) is 18.3. The van der Waals surface area contributed by atoms with Gasteiger partial charge < -0.3 is 19.9 Å². The topological polar surface area (TPSA) is 79.8 Å². The Bertz CT molecular complexity index is 1270. The van der Waals surface area contributed by atoms with Crippen molar-refractivity contribution in [3.63, 3.8) is 0 Å². The molecule has 1 aliphatic heterocycles. The summed E-state index contributed by atoms with van der Waals surface area (Å²) in [5.41, 5.74) is 0.0441. The predicted molar refractivity (Wildman–Crippen MR) is 146 cm³/mol. The van der Waals surface area contributed by atoms with Gasteiger partial charge in [0.1, 0.15) is 11.6 Å². The van der Waals surface area contributed by atoms with E-state index in [0.29, 0.717) is 18.6 Å². The third-order valence-corrected chi connectivity index (χ3v) is 7.33. The number of hydrogen-bond donors (Lipinski definition) is 3. The lowest BCUT2D eigenvalue weighted by Crippen LogP contribution is -2.62. The number of aliphatic hydroxyl groups excluding tert-OH is 1. The number of nitrogens with one attached hydrogen (secondary N) is 2. The molecule has 4 rings (SSSR count). The minimum absolute atomic E-state index is 0.0410. The Balaban J connectivity index is 1.55. The number of benzene rings is 3. The second kappa shape index (κ2) is 12.9. The van der Waals surface area contributed by atoms with E-state index in [1.807, 2.05) is 30.3 Å². The Morgan fingerprint density at radius 3 is 2.47 bits per heavy atom. The molecule has 0 bridgehead atoms. The maximum Gasteiger partial charge on any atom is 0.257 e. The Labute approximate surface area is 233 Å². The molecule has 3 N–H and O–H groups in total. The quantitative estimate of drug-likeness (QED) is 0.252. The van der Waals surface area contributed by atoms with Crippen LogP contribution >= 0.6 is 28.1 Å². The summed E-state index contributed by atoms with van der Waals surface area (Å²) in [4.78, 5) is 12.7. The van der Waals surface area contributed by atoms with E-state index < -0.39 is 29.0 Å². The van der Waals surface area contributed by atoms with Crippen molar-refractivity contribution < 1.29 is 28.2 Å². The summed E-state index contributed by atoms with van der Waals surface area (Å²) < 4.78 is 41.3. The standard InChI is InChI=1S/C28H27BrF2N2O4S/c29-23-12-22(24(30)13-25(23)31)28(33-27(38)32-26(35)19-9-5-2-6-10-19)17-37-21(11-20(28)14-34)16-36-15-18-7-3-1-4-8-18/h1-10,12-13,20-21,34H,11,14-17H2,(H2,32,33,35,38)/t20-,21+,28-/m0/s1. The van der Waals surface area contributed by atoms with Crippen LogP contribution in [0.4, 0.5) is 8.78 Å². The molecule has 3 atom stereocenters. The van der Waals surface area contributed by atoms with Gasteiger partial charge in [-0.2, -0.15) is 0 Å². The van der Waals surface area contributed by atoms with Crippen LogP contribution in [0.3, 0.4) is 0 Å². The Hall–Kier alpha value is -2.76. The average Bonchev–Trinajstić information content (AvgIpc) is 2.92. The van der Waals surface area contributed by atoms with Crippen LogP contribution in [0.2, 0.25) is 0 Å². The molecule has 38 heavy (non-hydrogen) atoms. The van der Waals surface area contributed by atoms with E-state index in [-0.39, 0.29) is 41.1 Å². The molecule has 3 aromatic rings. The van der Waals surface area contributed by atoms with Crippen molar-refractivity contribution >= 4 is 39.2 Å². The first-order valence-electron chi connectivity index (χ1n) is 12.0. The summed E-state index contributed by atoms with van der Waals surface area (Å²) in [6, 6.07) is 20.2. The highest BCUT2D eigenvalue weighted by Crippen LogP contribution is 2.40. The van der Waals surface area contributed by atoms with Crippen molar-refractivity contribution in [3.8, 4) is 0 Å². The highest BCUT2D eigenvalue weighted by molar-refractivity contribution is 9.10. The van der Waals surface area contributed by atoms with Gasteiger partial charge in [-0.05, 0) is 58.3 Å². The van der Waals surface area contributed by atoms with Crippen LogP contribution in [0.15, 0.2) is 77.3 Å².